The fourth-order valence-electron chi connectivity index (χ4n) is 10.2. The first-order valence-electron chi connectivity index (χ1n) is 25.4. The molecule has 2 N–H and O–H groups in total. The minimum Gasteiger partial charge on any atom is -0.357 e. The number of benzene rings is 1. The van der Waals surface area contributed by atoms with E-state index in [1.807, 2.05) is 13.8 Å². The average Bonchev–Trinajstić information content (AvgIpc) is 4.29. The van der Waals surface area contributed by atoms with Crippen LogP contribution in [0.1, 0.15) is 109 Å². The highest BCUT2D eigenvalue weighted by molar-refractivity contribution is 7.90. The van der Waals surface area contributed by atoms with Gasteiger partial charge in [0.1, 0.15) is 30.3 Å². The van der Waals surface area contributed by atoms with Crippen LogP contribution in [0.5, 0.6) is 0 Å². The molecule has 1 aromatic carbocycles. The predicted molar refractivity (Wildman–Crippen MR) is 264 cm³/mol. The van der Waals surface area contributed by atoms with Gasteiger partial charge in [-0.1, -0.05) is 57.2 Å². The second-order valence-electron chi connectivity index (χ2n) is 20.9. The van der Waals surface area contributed by atoms with Crippen molar-refractivity contribution >= 4 is 65.6 Å². The summed E-state index contributed by atoms with van der Waals surface area (Å²) in [6.07, 6.45) is 1.28. The van der Waals surface area contributed by atoms with Crippen LogP contribution in [-0.4, -0.2) is 169 Å². The summed E-state index contributed by atoms with van der Waals surface area (Å²) in [4.78, 5) is 90.8. The Morgan fingerprint density at radius 3 is 2.34 bits per heavy atom. The van der Waals surface area contributed by atoms with Gasteiger partial charge in [-0.2, -0.15) is 22.4 Å². The van der Waals surface area contributed by atoms with Gasteiger partial charge in [-0.3, -0.25) is 28.8 Å². The lowest BCUT2D eigenvalue weighted by Gasteiger charge is -2.40. The molecule has 0 spiro atoms. The zero-order chi connectivity index (χ0) is 53.2. The Morgan fingerprint density at radius 1 is 1.00 bits per heavy atom. The summed E-state index contributed by atoms with van der Waals surface area (Å²) in [5.74, 6) is -4.31. The summed E-state index contributed by atoms with van der Waals surface area (Å²) in [5.41, 5.74) is -2.54. The van der Waals surface area contributed by atoms with Gasteiger partial charge in [0.2, 0.25) is 34.8 Å². The third kappa shape index (κ3) is 12.7. The fraction of sp³-hybridized carbons (Fsp3) is 0.694. The number of rotatable bonds is 13. The highest BCUT2D eigenvalue weighted by atomic mass is 35.5. The fourth-order valence-corrected chi connectivity index (χ4v) is 14.2. The first kappa shape index (κ1) is 56.1. The molecule has 5 fully saturated rings. The Kier molecular flexibility index (Phi) is 17.8. The van der Waals surface area contributed by atoms with Gasteiger partial charge in [0.15, 0.2) is 0 Å². The molecule has 5 aliphatic rings. The molecule has 2 aliphatic carbocycles. The Labute approximate surface area is 431 Å². The number of aromatic nitrogens is 2. The first-order chi connectivity index (χ1) is 34.4. The molecule has 2 saturated carbocycles. The van der Waals surface area contributed by atoms with E-state index in [-0.39, 0.29) is 44.1 Å². The van der Waals surface area contributed by atoms with Crippen LogP contribution in [0.4, 0.5) is 22.4 Å². The molecule has 403 valence electrons. The van der Waals surface area contributed by atoms with E-state index >= 15 is 4.39 Å². The standard InChI is InChI=1S/C49H68ClF4N8O9SSi/c1-30(2)23-38-43(64)60(5)40(25-32-24-34(50)16-19-37(32)33-26-55-62(27-33)72(69,70)36-17-18-36)44(65)58(3)21-11-8-6-7-9-13-39(42(63)56-38)59(4)45(66)41(31-14-15-31)57-47(68)73-29-35(51)28-61(73)46(67)48(49(52,53)54)20-10-12-22-71-48/h16,19,24,26-27,30-31,35-36,38-41H,6-15,17-18,20-23,25,28-29H2,1-5H3,(H,56,63)(H,57,68)/t35-,38-,39-,40-,41-,48+/m0/s1. The van der Waals surface area contributed by atoms with Crippen molar-refractivity contribution in [3.8, 4) is 11.1 Å². The minimum atomic E-state index is -5.12. The van der Waals surface area contributed by atoms with Gasteiger partial charge in [0.05, 0.1) is 17.6 Å². The van der Waals surface area contributed by atoms with Gasteiger partial charge in [-0.15, -0.1) is 0 Å². The predicted octanol–water partition coefficient (Wildman–Crippen LogP) is 5.83. The van der Waals surface area contributed by atoms with Gasteiger partial charge in [-0.25, -0.2) is 12.8 Å². The van der Waals surface area contributed by atoms with Gasteiger partial charge in [0, 0.05) is 63.9 Å². The van der Waals surface area contributed by atoms with Gasteiger partial charge in [0.25, 0.3) is 24.9 Å². The van der Waals surface area contributed by atoms with Crippen LogP contribution >= 0.6 is 11.6 Å². The third-order valence-corrected chi connectivity index (χ3v) is 19.6. The van der Waals surface area contributed by atoms with E-state index in [4.69, 9.17) is 16.3 Å². The summed E-state index contributed by atoms with van der Waals surface area (Å²) in [5, 5.41) is 9.59. The summed E-state index contributed by atoms with van der Waals surface area (Å²) in [6, 6.07) is -0.179. The lowest BCUT2D eigenvalue weighted by molar-refractivity contribution is -0.279. The molecular formula is C49H68ClF4N8O9SSi. The van der Waals surface area contributed by atoms with Crippen LogP contribution in [-0.2, 0) is 45.2 Å². The molecule has 1 radical (unpaired) electrons. The van der Waals surface area contributed by atoms with E-state index in [1.54, 1.807) is 30.1 Å². The van der Waals surface area contributed by atoms with Crippen molar-refractivity contribution in [3.05, 3.63) is 41.2 Å². The monoisotopic (exact) mass is 1080 g/mol. The molecule has 0 bridgehead atoms. The summed E-state index contributed by atoms with van der Waals surface area (Å²) < 4.78 is 91.7. The number of carbonyl (C=O) groups excluding carboxylic acids is 6. The Bertz CT molecular complexity index is 2490. The number of hydrogen-bond acceptors (Lipinski definition) is 10. The molecule has 4 heterocycles. The van der Waals surface area contributed by atoms with Crippen molar-refractivity contribution in [2.45, 2.75) is 164 Å². The maximum Gasteiger partial charge on any atom is 0.426 e. The van der Waals surface area contributed by atoms with Crippen molar-refractivity contribution in [2.24, 2.45) is 11.8 Å². The normalized spacial score (nSPS) is 26.2. The molecule has 3 aliphatic heterocycles. The third-order valence-electron chi connectivity index (χ3n) is 14.8. The summed E-state index contributed by atoms with van der Waals surface area (Å²) in [6.45, 7) is 3.06. The molecule has 2 aromatic rings. The van der Waals surface area contributed by atoms with E-state index in [9.17, 15) is 50.4 Å². The van der Waals surface area contributed by atoms with Gasteiger partial charge in [-0.05, 0) is 99.3 Å². The number of alkyl halides is 4. The molecule has 24 heteroatoms. The molecule has 7 rings (SSSR count). The van der Waals surface area contributed by atoms with Crippen molar-refractivity contribution in [1.82, 2.24) is 39.1 Å². The van der Waals surface area contributed by atoms with Crippen LogP contribution < -0.4 is 10.6 Å². The molecule has 6 amide bonds. The zero-order valence-electron chi connectivity index (χ0n) is 42.1. The molecular weight excluding hydrogens is 1020 g/mol. The Morgan fingerprint density at radius 2 is 1.70 bits per heavy atom. The number of nitrogens with zero attached hydrogens (tertiary/aromatic N) is 6. The minimum absolute atomic E-state index is 0.0455. The Balaban J connectivity index is 1.13. The van der Waals surface area contributed by atoms with Crippen LogP contribution in [0.15, 0.2) is 30.6 Å². The van der Waals surface area contributed by atoms with Crippen molar-refractivity contribution < 1.29 is 59.5 Å². The second kappa shape index (κ2) is 23.1. The van der Waals surface area contributed by atoms with Crippen molar-refractivity contribution in [1.29, 1.82) is 0 Å². The maximum absolute atomic E-state index is 15.1. The average molecular weight is 1080 g/mol. The van der Waals surface area contributed by atoms with Gasteiger partial charge >= 0.3 is 6.18 Å². The van der Waals surface area contributed by atoms with E-state index in [0.717, 1.165) is 16.9 Å². The number of carbonyl (C=O) groups is 6. The van der Waals surface area contributed by atoms with E-state index in [1.165, 1.54) is 36.3 Å². The molecule has 3 saturated heterocycles. The quantitative estimate of drug-likeness (QED) is 0.182. The largest absolute Gasteiger partial charge is 0.426 e. The summed E-state index contributed by atoms with van der Waals surface area (Å²) >= 11 is 6.55. The number of nitrogens with one attached hydrogen (secondary N) is 2. The van der Waals surface area contributed by atoms with Crippen LogP contribution in [0.25, 0.3) is 11.1 Å². The SMILES string of the molecule is CC(C)C[C@@H]1NC(=O)[C@@H](N(C)C(=O)[C@@H](NC(=O)[Si]2C[C@@H](F)CN2C(=O)[C@@]2(C(F)(F)F)CCCCO2)C2CC2)CCCCCCCN(C)C(=O)[C@H](Cc2cc(Cl)ccc2-c2cnn(S(=O)(=O)C3CC3)c2)N(C)C1=O. The van der Waals surface area contributed by atoms with Crippen LogP contribution in [0.2, 0.25) is 11.1 Å². The van der Waals surface area contributed by atoms with Gasteiger partial charge < -0.3 is 34.6 Å². The number of hydrogen-bond donors (Lipinski definition) is 2. The van der Waals surface area contributed by atoms with Crippen LogP contribution in [0, 0.1) is 11.8 Å². The summed E-state index contributed by atoms with van der Waals surface area (Å²) in [7, 11) is -2.13. The van der Waals surface area contributed by atoms with E-state index in [2.05, 4.69) is 15.7 Å². The second-order valence-corrected chi connectivity index (χ2v) is 25.7. The van der Waals surface area contributed by atoms with E-state index < -0.39 is 120 Å². The molecule has 6 atom stereocenters. The lowest BCUT2D eigenvalue weighted by atomic mass is 9.92. The maximum atomic E-state index is 15.1. The molecule has 0 unspecified atom stereocenters. The number of likely N-dealkylation sites (N-methyl/N-ethyl adjacent to an activating group) is 3. The topological polar surface area (TPSA) is 201 Å². The van der Waals surface area contributed by atoms with E-state index in [0.29, 0.717) is 84.2 Å². The number of amides is 6. The van der Waals surface area contributed by atoms with Crippen molar-refractivity contribution in [3.63, 3.8) is 0 Å². The van der Waals surface area contributed by atoms with Crippen LogP contribution in [0.3, 0.4) is 0 Å². The Hall–Kier alpha value is -4.61. The molecule has 73 heavy (non-hydrogen) atoms. The lowest BCUT2D eigenvalue weighted by Crippen LogP contribution is -2.65. The smallest absolute Gasteiger partial charge is 0.357 e. The molecule has 1 aromatic heterocycles. The number of halogens is 5. The van der Waals surface area contributed by atoms with Crippen molar-refractivity contribution in [2.75, 3.05) is 40.8 Å². The zero-order valence-corrected chi connectivity index (χ0v) is 44.7. The number of ether oxygens (including phenoxy) is 1. The highest BCUT2D eigenvalue weighted by Gasteiger charge is 2.65. The highest BCUT2D eigenvalue weighted by Crippen LogP contribution is 2.43. The first-order valence-corrected chi connectivity index (χ1v) is 29.0. The molecule has 17 nitrogen and oxygen atoms in total.